The van der Waals surface area contributed by atoms with Crippen LogP contribution in [0.2, 0.25) is 0 Å². The number of nitrogens with zero attached hydrogens (tertiary/aromatic N) is 3. The Labute approximate surface area is 168 Å². The lowest BCUT2D eigenvalue weighted by Gasteiger charge is -2.09. The Morgan fingerprint density at radius 3 is 2.93 bits per heavy atom. The number of amides is 1. The smallest absolute Gasteiger partial charge is 0.291 e. The Kier molecular flexibility index (Phi) is 5.27. The largest absolute Gasteiger partial charge is 0.459 e. The molecule has 3 heterocycles. The van der Waals surface area contributed by atoms with Crippen molar-refractivity contribution in [2.24, 2.45) is 0 Å². The molecule has 9 heteroatoms. The Balaban J connectivity index is 1.53. The molecule has 0 aliphatic heterocycles. The molecule has 0 atom stereocenters. The van der Waals surface area contributed by atoms with Gasteiger partial charge in [-0.05, 0) is 30.7 Å². The summed E-state index contributed by atoms with van der Waals surface area (Å²) in [6, 6.07) is 12.3. The lowest BCUT2D eigenvalue weighted by atomic mass is 10.3. The third-order valence-corrected chi connectivity index (χ3v) is 6.06. The van der Waals surface area contributed by atoms with Gasteiger partial charge in [0.05, 0.1) is 17.6 Å². The quantitative estimate of drug-likeness (QED) is 0.484. The van der Waals surface area contributed by atoms with Crippen molar-refractivity contribution in [1.82, 2.24) is 14.6 Å². The number of aromatic nitrogens is 3. The van der Waals surface area contributed by atoms with E-state index in [9.17, 15) is 9.59 Å². The first kappa shape index (κ1) is 18.5. The summed E-state index contributed by atoms with van der Waals surface area (Å²) in [4.78, 5) is 30.5. The summed E-state index contributed by atoms with van der Waals surface area (Å²) in [5.41, 5.74) is 1.17. The molecule has 0 radical (unpaired) electrons. The van der Waals surface area contributed by atoms with E-state index in [4.69, 9.17) is 4.42 Å². The lowest BCUT2D eigenvalue weighted by molar-refractivity contribution is 0.0996. The summed E-state index contributed by atoms with van der Waals surface area (Å²) in [5.74, 6) is 0.433. The van der Waals surface area contributed by atoms with E-state index in [2.05, 4.69) is 15.4 Å². The average molecular weight is 412 g/mol. The van der Waals surface area contributed by atoms with Gasteiger partial charge in [-0.2, -0.15) is 9.61 Å². The van der Waals surface area contributed by atoms with Crippen LogP contribution in [0, 0.1) is 0 Å². The van der Waals surface area contributed by atoms with Gasteiger partial charge < -0.3 is 9.73 Å². The molecule has 4 rings (SSSR count). The van der Waals surface area contributed by atoms with Gasteiger partial charge in [0.2, 0.25) is 4.96 Å². The third kappa shape index (κ3) is 3.85. The number of thioether (sulfide) groups is 1. The summed E-state index contributed by atoms with van der Waals surface area (Å²) in [6.07, 6.45) is 2.22. The molecule has 1 amide bonds. The molecule has 0 saturated carbocycles. The predicted octanol–water partition coefficient (Wildman–Crippen LogP) is 3.85. The van der Waals surface area contributed by atoms with Crippen molar-refractivity contribution < 1.29 is 9.21 Å². The first-order valence-corrected chi connectivity index (χ1v) is 10.4. The number of para-hydroxylation sites is 1. The van der Waals surface area contributed by atoms with Gasteiger partial charge in [-0.25, -0.2) is 4.98 Å². The van der Waals surface area contributed by atoms with E-state index >= 15 is 0 Å². The van der Waals surface area contributed by atoms with Gasteiger partial charge in [0.25, 0.3) is 11.5 Å². The number of hydrogen-bond acceptors (Lipinski definition) is 7. The van der Waals surface area contributed by atoms with E-state index in [0.717, 1.165) is 16.3 Å². The fourth-order valence-electron chi connectivity index (χ4n) is 2.55. The van der Waals surface area contributed by atoms with Crippen LogP contribution >= 0.6 is 23.1 Å². The minimum absolute atomic E-state index is 0.184. The molecule has 4 aromatic rings. The van der Waals surface area contributed by atoms with Gasteiger partial charge in [0, 0.05) is 16.7 Å². The number of fused-ring (bicyclic) bond motifs is 1. The van der Waals surface area contributed by atoms with Gasteiger partial charge in [0.15, 0.2) is 5.76 Å². The molecule has 0 aliphatic carbocycles. The SMILES string of the molecule is CCc1nn2c(=O)cc(CSc3ccccc3NC(=O)c3ccco3)nc2s1. The van der Waals surface area contributed by atoms with Crippen LogP contribution in [0.25, 0.3) is 4.96 Å². The Bertz CT molecular complexity index is 1180. The highest BCUT2D eigenvalue weighted by Gasteiger charge is 2.13. The highest BCUT2D eigenvalue weighted by Crippen LogP contribution is 2.30. The van der Waals surface area contributed by atoms with Crippen molar-refractivity contribution >= 4 is 39.7 Å². The second-order valence-corrected chi connectivity index (χ2v) is 7.90. The maximum atomic E-state index is 12.3. The normalized spacial score (nSPS) is 11.0. The van der Waals surface area contributed by atoms with Crippen LogP contribution in [-0.4, -0.2) is 20.5 Å². The second-order valence-electron chi connectivity index (χ2n) is 5.85. The lowest BCUT2D eigenvalue weighted by Crippen LogP contribution is -2.15. The molecule has 3 aromatic heterocycles. The number of carbonyl (C=O) groups is 1. The first-order valence-electron chi connectivity index (χ1n) is 8.59. The van der Waals surface area contributed by atoms with Gasteiger partial charge in [-0.15, -0.1) is 11.8 Å². The van der Waals surface area contributed by atoms with Crippen molar-refractivity contribution in [3.63, 3.8) is 0 Å². The number of nitrogens with one attached hydrogen (secondary N) is 1. The standard InChI is InChI=1S/C19H16N4O3S2/c1-2-16-22-23-17(24)10-12(20-19(23)28-16)11-27-15-8-4-3-6-13(15)21-18(25)14-7-5-9-26-14/h3-10H,2,11H2,1H3,(H,21,25). The topological polar surface area (TPSA) is 89.5 Å². The maximum Gasteiger partial charge on any atom is 0.291 e. The van der Waals surface area contributed by atoms with Crippen LogP contribution < -0.4 is 10.9 Å². The number of rotatable bonds is 6. The van der Waals surface area contributed by atoms with Crippen molar-refractivity contribution in [3.8, 4) is 0 Å². The van der Waals surface area contributed by atoms with Crippen LogP contribution in [0.4, 0.5) is 5.69 Å². The van der Waals surface area contributed by atoms with Crippen LogP contribution in [0.1, 0.15) is 28.2 Å². The highest BCUT2D eigenvalue weighted by atomic mass is 32.2. The molecule has 0 aliphatic rings. The van der Waals surface area contributed by atoms with Crippen molar-refractivity contribution in [3.05, 3.63) is 75.5 Å². The maximum absolute atomic E-state index is 12.3. The van der Waals surface area contributed by atoms with E-state index in [1.54, 1.807) is 12.1 Å². The Morgan fingerprint density at radius 1 is 1.29 bits per heavy atom. The molecule has 1 aromatic carbocycles. The fraction of sp³-hybridized carbons (Fsp3) is 0.158. The molecule has 28 heavy (non-hydrogen) atoms. The number of aryl methyl sites for hydroxylation is 1. The summed E-state index contributed by atoms with van der Waals surface area (Å²) >= 11 is 2.92. The van der Waals surface area contributed by atoms with Gasteiger partial charge >= 0.3 is 0 Å². The van der Waals surface area contributed by atoms with E-state index in [0.29, 0.717) is 22.1 Å². The van der Waals surface area contributed by atoms with E-state index in [-0.39, 0.29) is 17.2 Å². The summed E-state index contributed by atoms with van der Waals surface area (Å²) in [7, 11) is 0. The minimum Gasteiger partial charge on any atom is -0.459 e. The van der Waals surface area contributed by atoms with Crippen LogP contribution in [0.5, 0.6) is 0 Å². The van der Waals surface area contributed by atoms with Crippen LogP contribution in [0.3, 0.4) is 0 Å². The van der Waals surface area contributed by atoms with Crippen molar-refractivity contribution in [2.45, 2.75) is 24.0 Å². The summed E-state index contributed by atoms with van der Waals surface area (Å²) < 4.78 is 6.47. The molecule has 0 spiro atoms. The highest BCUT2D eigenvalue weighted by molar-refractivity contribution is 7.98. The zero-order valence-electron chi connectivity index (χ0n) is 14.9. The fourth-order valence-corrected chi connectivity index (χ4v) is 4.31. The van der Waals surface area contributed by atoms with Crippen molar-refractivity contribution in [2.75, 3.05) is 5.32 Å². The average Bonchev–Trinajstić information content (AvgIpc) is 3.37. The number of hydrogen-bond donors (Lipinski definition) is 1. The molecule has 0 bridgehead atoms. The van der Waals surface area contributed by atoms with Gasteiger partial charge in [-0.3, -0.25) is 9.59 Å². The van der Waals surface area contributed by atoms with E-state index < -0.39 is 0 Å². The molecule has 1 N–H and O–H groups in total. The van der Waals surface area contributed by atoms with E-state index in [1.165, 1.54) is 39.9 Å². The third-order valence-electron chi connectivity index (χ3n) is 3.90. The van der Waals surface area contributed by atoms with E-state index in [1.807, 2.05) is 31.2 Å². The Morgan fingerprint density at radius 2 is 2.14 bits per heavy atom. The molecule has 7 nitrogen and oxygen atoms in total. The zero-order valence-corrected chi connectivity index (χ0v) is 16.5. The summed E-state index contributed by atoms with van der Waals surface area (Å²) in [6.45, 7) is 1.99. The van der Waals surface area contributed by atoms with Crippen molar-refractivity contribution in [1.29, 1.82) is 0 Å². The second kappa shape index (κ2) is 7.99. The molecule has 142 valence electrons. The molecular formula is C19H16N4O3S2. The summed E-state index contributed by atoms with van der Waals surface area (Å²) in [5, 5.41) is 7.99. The first-order chi connectivity index (χ1) is 13.6. The predicted molar refractivity (Wildman–Crippen MR) is 109 cm³/mol. The number of anilines is 1. The van der Waals surface area contributed by atoms with Crippen LogP contribution in [-0.2, 0) is 12.2 Å². The molecule has 0 fully saturated rings. The molecule has 0 unspecified atom stereocenters. The minimum atomic E-state index is -0.312. The van der Waals surface area contributed by atoms with Gasteiger partial charge in [-0.1, -0.05) is 30.4 Å². The number of carbonyl (C=O) groups excluding carboxylic acids is 1. The molecular weight excluding hydrogens is 396 g/mol. The number of benzene rings is 1. The van der Waals surface area contributed by atoms with Gasteiger partial charge in [0.1, 0.15) is 5.01 Å². The monoisotopic (exact) mass is 412 g/mol. The number of furan rings is 1. The Hall–Kier alpha value is -2.91. The zero-order chi connectivity index (χ0) is 19.5. The molecule has 0 saturated heterocycles. The van der Waals surface area contributed by atoms with Crippen LogP contribution in [0.15, 0.2) is 62.8 Å².